The molecule has 1 aromatic carbocycles. The Morgan fingerprint density at radius 1 is 1.29 bits per heavy atom. The van der Waals surface area contributed by atoms with Crippen LogP contribution in [-0.4, -0.2) is 21.5 Å². The Hall–Kier alpha value is -1.89. The number of hydrogen-bond acceptors (Lipinski definition) is 3. The van der Waals surface area contributed by atoms with Gasteiger partial charge in [0.15, 0.2) is 0 Å². The van der Waals surface area contributed by atoms with Gasteiger partial charge in [0.05, 0.1) is 11.8 Å². The molecule has 1 aromatic heterocycles. The summed E-state index contributed by atoms with van der Waals surface area (Å²) in [5.74, 6) is 0. The van der Waals surface area contributed by atoms with Crippen LogP contribution in [0.15, 0.2) is 36.7 Å². The fourth-order valence-corrected chi connectivity index (χ4v) is 2.15. The monoisotopic (exact) mass is 298 g/mol. The lowest BCUT2D eigenvalue weighted by molar-refractivity contribution is -0.138. The third kappa shape index (κ3) is 4.29. The van der Waals surface area contributed by atoms with E-state index in [4.69, 9.17) is 0 Å². The summed E-state index contributed by atoms with van der Waals surface area (Å²) in [7, 11) is 0. The Kier molecular flexibility index (Phi) is 4.95. The van der Waals surface area contributed by atoms with Gasteiger partial charge in [-0.1, -0.05) is 23.4 Å². The molecule has 0 aliphatic carbocycles. The molecule has 21 heavy (non-hydrogen) atoms. The molecule has 1 atom stereocenters. The van der Waals surface area contributed by atoms with Crippen LogP contribution in [0.5, 0.6) is 0 Å². The number of hydrogen-bond donors (Lipinski definition) is 1. The molecule has 2 rings (SSSR count). The summed E-state index contributed by atoms with van der Waals surface area (Å²) in [5, 5.41) is 10.6. The molecular weight excluding hydrogens is 281 g/mol. The molecule has 1 unspecified atom stereocenters. The molecule has 1 N–H and O–H groups in total. The highest BCUT2D eigenvalue weighted by molar-refractivity contribution is 5.31. The van der Waals surface area contributed by atoms with Gasteiger partial charge in [-0.3, -0.25) is 4.68 Å². The van der Waals surface area contributed by atoms with E-state index in [2.05, 4.69) is 15.6 Å². The average Bonchev–Trinajstić information content (AvgIpc) is 2.95. The van der Waals surface area contributed by atoms with Crippen molar-refractivity contribution in [3.8, 4) is 0 Å². The number of nitrogens with zero attached hydrogens (tertiary/aromatic N) is 3. The average molecular weight is 298 g/mol. The quantitative estimate of drug-likeness (QED) is 0.834. The molecule has 4 nitrogen and oxygen atoms in total. The highest BCUT2D eigenvalue weighted by Crippen LogP contribution is 2.34. The summed E-state index contributed by atoms with van der Waals surface area (Å²) >= 11 is 0. The van der Waals surface area contributed by atoms with Gasteiger partial charge >= 0.3 is 6.18 Å². The van der Waals surface area contributed by atoms with E-state index < -0.39 is 11.7 Å². The van der Waals surface area contributed by atoms with Crippen LogP contribution in [0.3, 0.4) is 0 Å². The van der Waals surface area contributed by atoms with Gasteiger partial charge in [0.1, 0.15) is 0 Å². The molecule has 0 radical (unpaired) electrons. The lowest BCUT2D eigenvalue weighted by Gasteiger charge is -2.19. The number of aryl methyl sites for hydroxylation is 1. The second-order valence-electron chi connectivity index (χ2n) is 4.78. The van der Waals surface area contributed by atoms with Crippen LogP contribution in [0.25, 0.3) is 0 Å². The maximum atomic E-state index is 12.9. The van der Waals surface area contributed by atoms with Crippen molar-refractivity contribution in [3.05, 3.63) is 47.8 Å². The molecule has 0 saturated carbocycles. The first kappa shape index (κ1) is 15.5. The van der Waals surface area contributed by atoms with E-state index in [9.17, 15) is 13.2 Å². The summed E-state index contributed by atoms with van der Waals surface area (Å²) in [5.41, 5.74) is -0.313. The van der Waals surface area contributed by atoms with Crippen molar-refractivity contribution in [2.75, 3.05) is 6.54 Å². The van der Waals surface area contributed by atoms with Crippen molar-refractivity contribution < 1.29 is 13.2 Å². The largest absolute Gasteiger partial charge is 0.416 e. The van der Waals surface area contributed by atoms with Gasteiger partial charge in [-0.25, -0.2) is 0 Å². The number of aromatic nitrogens is 3. The molecule has 0 amide bonds. The van der Waals surface area contributed by atoms with E-state index in [-0.39, 0.29) is 11.6 Å². The smallest absolute Gasteiger partial charge is 0.310 e. The zero-order valence-electron chi connectivity index (χ0n) is 11.6. The van der Waals surface area contributed by atoms with Gasteiger partial charge in [0.2, 0.25) is 0 Å². The standard InChI is InChI=1S/C14H17F3N4/c1-11(18-7-4-9-21-10-8-19-20-21)12-5-2-3-6-13(12)14(15,16)17/h2-3,5-6,8,10-11,18H,4,7,9H2,1H3. The first-order valence-electron chi connectivity index (χ1n) is 6.72. The Bertz CT molecular complexity index is 552. The van der Waals surface area contributed by atoms with Crippen molar-refractivity contribution in [2.45, 2.75) is 32.1 Å². The minimum absolute atomic E-state index is 0.269. The van der Waals surface area contributed by atoms with Crippen molar-refractivity contribution >= 4 is 0 Å². The number of alkyl halides is 3. The van der Waals surface area contributed by atoms with E-state index in [1.165, 1.54) is 12.1 Å². The predicted molar refractivity (Wildman–Crippen MR) is 72.5 cm³/mol. The van der Waals surface area contributed by atoms with Crippen LogP contribution in [0.2, 0.25) is 0 Å². The Labute approximate surface area is 121 Å². The number of benzene rings is 1. The van der Waals surface area contributed by atoms with E-state index in [0.717, 1.165) is 12.5 Å². The van der Waals surface area contributed by atoms with Gasteiger partial charge < -0.3 is 5.32 Å². The molecule has 7 heteroatoms. The summed E-state index contributed by atoms with van der Waals surface area (Å²) in [4.78, 5) is 0. The van der Waals surface area contributed by atoms with Crippen molar-refractivity contribution in [3.63, 3.8) is 0 Å². The van der Waals surface area contributed by atoms with Gasteiger partial charge in [-0.05, 0) is 31.5 Å². The van der Waals surface area contributed by atoms with Gasteiger partial charge in [0, 0.05) is 18.8 Å². The van der Waals surface area contributed by atoms with Crippen LogP contribution in [0, 0.1) is 0 Å². The minimum atomic E-state index is -4.33. The third-order valence-corrected chi connectivity index (χ3v) is 3.22. The molecule has 1 heterocycles. The normalized spacial score (nSPS) is 13.3. The van der Waals surface area contributed by atoms with E-state index in [1.54, 1.807) is 30.1 Å². The second kappa shape index (κ2) is 6.71. The maximum absolute atomic E-state index is 12.9. The van der Waals surface area contributed by atoms with Crippen LogP contribution in [0.4, 0.5) is 13.2 Å². The molecule has 0 saturated heterocycles. The van der Waals surface area contributed by atoms with Crippen molar-refractivity contribution in [1.82, 2.24) is 20.3 Å². The molecule has 2 aromatic rings. The van der Waals surface area contributed by atoms with Crippen LogP contribution < -0.4 is 5.32 Å². The lowest BCUT2D eigenvalue weighted by atomic mass is 10.0. The van der Waals surface area contributed by atoms with Crippen molar-refractivity contribution in [1.29, 1.82) is 0 Å². The molecule has 0 fully saturated rings. The van der Waals surface area contributed by atoms with Crippen LogP contribution in [0.1, 0.15) is 30.5 Å². The molecule has 0 bridgehead atoms. The highest BCUT2D eigenvalue weighted by Gasteiger charge is 2.33. The third-order valence-electron chi connectivity index (χ3n) is 3.22. The van der Waals surface area contributed by atoms with Gasteiger partial charge in [-0.15, -0.1) is 5.10 Å². The maximum Gasteiger partial charge on any atom is 0.416 e. The minimum Gasteiger partial charge on any atom is -0.310 e. The first-order chi connectivity index (χ1) is 9.98. The summed E-state index contributed by atoms with van der Waals surface area (Å²) in [6.45, 7) is 3.02. The SMILES string of the molecule is CC(NCCCn1ccnn1)c1ccccc1C(F)(F)F. The number of halogens is 3. The molecule has 0 spiro atoms. The number of nitrogens with one attached hydrogen (secondary N) is 1. The molecule has 0 aliphatic heterocycles. The Balaban J connectivity index is 1.90. The summed E-state index contributed by atoms with van der Waals surface area (Å²) in [6.07, 6.45) is -0.215. The molecule has 0 aliphatic rings. The summed E-state index contributed by atoms with van der Waals surface area (Å²) in [6, 6.07) is 5.29. The fraction of sp³-hybridized carbons (Fsp3) is 0.429. The summed E-state index contributed by atoms with van der Waals surface area (Å²) < 4.78 is 40.5. The predicted octanol–water partition coefficient (Wildman–Crippen LogP) is 3.04. The topological polar surface area (TPSA) is 42.7 Å². The van der Waals surface area contributed by atoms with E-state index in [1.807, 2.05) is 0 Å². The molecular formula is C14H17F3N4. The fourth-order valence-electron chi connectivity index (χ4n) is 2.15. The van der Waals surface area contributed by atoms with E-state index in [0.29, 0.717) is 13.1 Å². The Morgan fingerprint density at radius 3 is 2.71 bits per heavy atom. The highest BCUT2D eigenvalue weighted by atomic mass is 19.4. The zero-order valence-corrected chi connectivity index (χ0v) is 11.6. The van der Waals surface area contributed by atoms with E-state index >= 15 is 0 Å². The van der Waals surface area contributed by atoms with Crippen molar-refractivity contribution in [2.24, 2.45) is 0 Å². The molecule has 114 valence electrons. The van der Waals surface area contributed by atoms with Gasteiger partial charge in [0.25, 0.3) is 0 Å². The first-order valence-corrected chi connectivity index (χ1v) is 6.72. The van der Waals surface area contributed by atoms with Crippen LogP contribution >= 0.6 is 0 Å². The number of rotatable bonds is 6. The lowest BCUT2D eigenvalue weighted by Crippen LogP contribution is -2.23. The van der Waals surface area contributed by atoms with Crippen LogP contribution in [-0.2, 0) is 12.7 Å². The Morgan fingerprint density at radius 2 is 2.05 bits per heavy atom. The van der Waals surface area contributed by atoms with Gasteiger partial charge in [-0.2, -0.15) is 13.2 Å². The second-order valence-corrected chi connectivity index (χ2v) is 4.78. The zero-order chi connectivity index (χ0) is 15.3.